The van der Waals surface area contributed by atoms with Gasteiger partial charge in [-0.25, -0.2) is 0 Å². The third-order valence-electron chi connectivity index (χ3n) is 9.63. The smallest absolute Gasteiger partial charge is 0.416 e. The molecule has 0 saturated heterocycles. The van der Waals surface area contributed by atoms with E-state index in [1.807, 2.05) is 0 Å². The molecule has 1 aliphatic carbocycles. The molecule has 9 nitrogen and oxygen atoms in total. The maximum atomic E-state index is 14.2. The zero-order chi connectivity index (χ0) is 38.2. The van der Waals surface area contributed by atoms with E-state index in [-0.39, 0.29) is 60.5 Å². The van der Waals surface area contributed by atoms with Crippen LogP contribution in [-0.2, 0) is 46.4 Å². The van der Waals surface area contributed by atoms with Crippen molar-refractivity contribution in [2.24, 2.45) is 18.9 Å². The molecule has 0 bridgehead atoms. The van der Waals surface area contributed by atoms with Crippen molar-refractivity contribution >= 4 is 23.5 Å². The number of benzene rings is 2. The molecule has 2 aliphatic rings. The first-order chi connectivity index (χ1) is 24.3. The van der Waals surface area contributed by atoms with E-state index in [1.54, 1.807) is 13.8 Å². The van der Waals surface area contributed by atoms with E-state index < -0.39 is 65.3 Å². The zero-order valence-electron chi connectivity index (χ0n) is 28.4. The van der Waals surface area contributed by atoms with Gasteiger partial charge in [0.1, 0.15) is 0 Å². The molecule has 5 rings (SSSR count). The van der Waals surface area contributed by atoms with Gasteiger partial charge in [0.2, 0.25) is 5.91 Å². The van der Waals surface area contributed by atoms with Gasteiger partial charge >= 0.3 is 24.5 Å². The quantitative estimate of drug-likeness (QED) is 0.161. The SMILES string of the molecule is CCOC(=O)C[C@H]1CC[C@H](C(=O)N2c3ccc(C(F)(F)F)cc3C(N(Cc3cc(C(F)(F)F)cc(C(F)(F)F)c3)c3nnn(C)n3)CC2CC)CC1. The number of nitrogens with zero attached hydrogens (tertiary/aromatic N) is 6. The van der Waals surface area contributed by atoms with Crippen LogP contribution in [0, 0.1) is 11.8 Å². The van der Waals surface area contributed by atoms with Crippen molar-refractivity contribution in [1.82, 2.24) is 20.2 Å². The van der Waals surface area contributed by atoms with Gasteiger partial charge in [-0.15, -0.1) is 5.10 Å². The van der Waals surface area contributed by atoms with Gasteiger partial charge in [0.15, 0.2) is 0 Å². The van der Waals surface area contributed by atoms with Gasteiger partial charge < -0.3 is 14.5 Å². The molecule has 1 saturated carbocycles. The largest absolute Gasteiger partial charge is 0.466 e. The Morgan fingerprint density at radius 2 is 1.48 bits per heavy atom. The van der Waals surface area contributed by atoms with Crippen LogP contribution in [0.25, 0.3) is 0 Å². The Morgan fingerprint density at radius 3 is 2.00 bits per heavy atom. The summed E-state index contributed by atoms with van der Waals surface area (Å²) in [6.45, 7) is 3.04. The summed E-state index contributed by atoms with van der Waals surface area (Å²) in [5.74, 6) is -1.39. The summed E-state index contributed by atoms with van der Waals surface area (Å²) in [6.07, 6.45) is -12.7. The molecule has 3 aromatic rings. The van der Waals surface area contributed by atoms with E-state index in [9.17, 15) is 49.1 Å². The molecule has 1 aromatic heterocycles. The number of halogens is 9. The summed E-state index contributed by atoms with van der Waals surface area (Å²) < 4.78 is 130. The Labute approximate surface area is 293 Å². The van der Waals surface area contributed by atoms with Gasteiger partial charge in [0.25, 0.3) is 5.95 Å². The first kappa shape index (κ1) is 38.8. The number of ether oxygens (including phenoxy) is 1. The van der Waals surface area contributed by atoms with E-state index in [2.05, 4.69) is 15.4 Å². The predicted octanol–water partition coefficient (Wildman–Crippen LogP) is 8.29. The summed E-state index contributed by atoms with van der Waals surface area (Å²) in [5.41, 5.74) is -4.54. The second kappa shape index (κ2) is 14.9. The average molecular weight is 749 g/mol. The van der Waals surface area contributed by atoms with Crippen molar-refractivity contribution in [3.63, 3.8) is 0 Å². The molecule has 2 atom stereocenters. The molecule has 0 radical (unpaired) electrons. The third-order valence-corrected chi connectivity index (χ3v) is 9.63. The van der Waals surface area contributed by atoms with E-state index in [1.165, 1.54) is 22.9 Å². The number of fused-ring (bicyclic) bond motifs is 1. The third kappa shape index (κ3) is 8.62. The van der Waals surface area contributed by atoms with Gasteiger partial charge in [-0.05, 0) is 104 Å². The molecule has 1 aliphatic heterocycles. The monoisotopic (exact) mass is 748 g/mol. The van der Waals surface area contributed by atoms with E-state index in [4.69, 9.17) is 4.74 Å². The number of anilines is 2. The van der Waals surface area contributed by atoms with Gasteiger partial charge in [0, 0.05) is 30.6 Å². The number of hydrogen-bond donors (Lipinski definition) is 0. The fourth-order valence-corrected chi connectivity index (χ4v) is 7.13. The number of tetrazole rings is 1. The summed E-state index contributed by atoms with van der Waals surface area (Å²) >= 11 is 0. The molecule has 1 fully saturated rings. The van der Waals surface area contributed by atoms with Crippen molar-refractivity contribution < 1.29 is 53.8 Å². The Kier molecular flexibility index (Phi) is 11.2. The standard InChI is InChI=1S/C34H37F9N6O3/c1-4-25-17-28(48(31-44-46-47(3)45-31)18-20-12-23(33(38,39)40)15-24(13-20)34(41,42)43)26-16-22(32(35,36)37)10-11-27(26)49(25)30(51)21-8-6-19(7-9-21)14-29(50)52-5-2/h10-13,15-16,19,21,25,28H,4-9,14,17-18H2,1-3H3/t19-,21-,25?,28?. The van der Waals surface area contributed by atoms with Crippen molar-refractivity contribution in [3.05, 3.63) is 64.2 Å². The van der Waals surface area contributed by atoms with Crippen LogP contribution in [0.15, 0.2) is 36.4 Å². The first-order valence-corrected chi connectivity index (χ1v) is 16.8. The number of aromatic nitrogens is 4. The van der Waals surface area contributed by atoms with E-state index in [0.29, 0.717) is 44.2 Å². The molecule has 284 valence electrons. The average Bonchev–Trinajstić information content (AvgIpc) is 3.50. The first-order valence-electron chi connectivity index (χ1n) is 16.8. The minimum atomic E-state index is -5.14. The number of carbonyl (C=O) groups excluding carboxylic acids is 2. The number of carbonyl (C=O) groups is 2. The number of rotatable bonds is 9. The molecule has 1 amide bonds. The highest BCUT2D eigenvalue weighted by Crippen LogP contribution is 2.47. The lowest BCUT2D eigenvalue weighted by Crippen LogP contribution is -2.50. The Bertz CT molecular complexity index is 1720. The summed E-state index contributed by atoms with van der Waals surface area (Å²) in [4.78, 5) is 30.0. The molecule has 18 heteroatoms. The molecule has 2 heterocycles. The Hall–Kier alpha value is -4.38. The normalized spacial score (nSPS) is 21.1. The second-order valence-electron chi connectivity index (χ2n) is 13.1. The molecular weight excluding hydrogens is 711 g/mol. The fraction of sp³-hybridized carbons (Fsp3) is 0.559. The minimum absolute atomic E-state index is 0.0130. The number of alkyl halides is 9. The molecule has 2 aromatic carbocycles. The van der Waals surface area contributed by atoms with Crippen molar-refractivity contribution in [1.29, 1.82) is 0 Å². The van der Waals surface area contributed by atoms with Crippen LogP contribution in [0.1, 0.15) is 92.7 Å². The summed E-state index contributed by atoms with van der Waals surface area (Å²) in [5, 5.41) is 11.8. The van der Waals surface area contributed by atoms with Crippen molar-refractivity contribution in [3.8, 4) is 0 Å². The molecule has 0 N–H and O–H groups in total. The van der Waals surface area contributed by atoms with Gasteiger partial charge in [-0.1, -0.05) is 12.0 Å². The molecular formula is C34H37F9N6O3. The van der Waals surface area contributed by atoms with Crippen LogP contribution in [-0.4, -0.2) is 44.7 Å². The Morgan fingerprint density at radius 1 is 0.865 bits per heavy atom. The van der Waals surface area contributed by atoms with Gasteiger partial charge in [0.05, 0.1) is 36.4 Å². The molecule has 2 unspecified atom stereocenters. The number of amides is 1. The highest BCUT2D eigenvalue weighted by atomic mass is 19.4. The number of esters is 1. The predicted molar refractivity (Wildman–Crippen MR) is 168 cm³/mol. The maximum Gasteiger partial charge on any atom is 0.416 e. The fourth-order valence-electron chi connectivity index (χ4n) is 7.13. The second-order valence-corrected chi connectivity index (χ2v) is 13.1. The van der Waals surface area contributed by atoms with Crippen LogP contribution < -0.4 is 9.80 Å². The van der Waals surface area contributed by atoms with E-state index >= 15 is 0 Å². The lowest BCUT2D eigenvalue weighted by Gasteiger charge is -2.46. The maximum absolute atomic E-state index is 14.2. The van der Waals surface area contributed by atoms with Gasteiger partial charge in [-0.3, -0.25) is 9.59 Å². The topological polar surface area (TPSA) is 93.5 Å². The molecule has 0 spiro atoms. The minimum Gasteiger partial charge on any atom is -0.466 e. The summed E-state index contributed by atoms with van der Waals surface area (Å²) in [7, 11) is 1.37. The number of hydrogen-bond acceptors (Lipinski definition) is 7. The van der Waals surface area contributed by atoms with Gasteiger partial charge in [-0.2, -0.15) is 44.3 Å². The highest BCUT2D eigenvalue weighted by molar-refractivity contribution is 5.97. The van der Waals surface area contributed by atoms with Crippen LogP contribution in [0.2, 0.25) is 0 Å². The van der Waals surface area contributed by atoms with Crippen LogP contribution >= 0.6 is 0 Å². The van der Waals surface area contributed by atoms with Crippen LogP contribution in [0.4, 0.5) is 51.1 Å². The lowest BCUT2D eigenvalue weighted by molar-refractivity contribution is -0.145. The highest BCUT2D eigenvalue weighted by Gasteiger charge is 2.44. The van der Waals surface area contributed by atoms with E-state index in [0.717, 1.165) is 16.9 Å². The van der Waals surface area contributed by atoms with Crippen LogP contribution in [0.3, 0.4) is 0 Å². The zero-order valence-corrected chi connectivity index (χ0v) is 28.4. The lowest BCUT2D eigenvalue weighted by atomic mass is 9.79. The Balaban J connectivity index is 1.57. The number of aryl methyl sites for hydroxylation is 1. The van der Waals surface area contributed by atoms with Crippen molar-refractivity contribution in [2.45, 2.75) is 96.0 Å². The summed E-state index contributed by atoms with van der Waals surface area (Å²) in [6, 6.07) is 2.15. The van der Waals surface area contributed by atoms with Crippen LogP contribution in [0.5, 0.6) is 0 Å². The van der Waals surface area contributed by atoms with Crippen molar-refractivity contribution in [2.75, 3.05) is 16.4 Å². The molecule has 52 heavy (non-hydrogen) atoms.